The first-order valence-corrected chi connectivity index (χ1v) is 7.70. The molecule has 2 rings (SSSR count). The van der Waals surface area contributed by atoms with Crippen LogP contribution in [0.25, 0.3) is 0 Å². The molecule has 0 radical (unpaired) electrons. The Labute approximate surface area is 142 Å². The maximum Gasteiger partial charge on any atom is 0.127 e. The van der Waals surface area contributed by atoms with E-state index in [4.69, 9.17) is 26.9 Å². The summed E-state index contributed by atoms with van der Waals surface area (Å²) in [5.41, 5.74) is 4.63. The van der Waals surface area contributed by atoms with Gasteiger partial charge in [-0.25, -0.2) is 5.43 Å². The summed E-state index contributed by atoms with van der Waals surface area (Å²) in [6, 6.07) is 11.0. The number of nitrogens with one attached hydrogen (secondary N) is 1. The van der Waals surface area contributed by atoms with E-state index in [0.717, 1.165) is 14.7 Å². The van der Waals surface area contributed by atoms with Gasteiger partial charge in [-0.1, -0.05) is 17.7 Å². The number of nitrogens with two attached hydrogens (primary N) is 1. The number of ether oxygens (including phenoxy) is 2. The minimum absolute atomic E-state index is 0.290. The molecule has 6 heteroatoms. The van der Waals surface area contributed by atoms with Crippen molar-refractivity contribution in [3.8, 4) is 11.5 Å². The SMILES string of the molecule is COc1cccc(OC)c1C(NN)c1cc(Cl)ccc1I. The first-order chi connectivity index (χ1) is 10.1. The minimum Gasteiger partial charge on any atom is -0.496 e. The van der Waals surface area contributed by atoms with Crippen molar-refractivity contribution < 1.29 is 9.47 Å². The molecule has 0 aliphatic rings. The maximum atomic E-state index is 6.12. The quantitative estimate of drug-likeness (QED) is 0.443. The van der Waals surface area contributed by atoms with Gasteiger partial charge in [0.25, 0.3) is 0 Å². The zero-order chi connectivity index (χ0) is 15.4. The van der Waals surface area contributed by atoms with Crippen LogP contribution in [0.2, 0.25) is 5.02 Å². The number of halogens is 2. The summed E-state index contributed by atoms with van der Waals surface area (Å²) in [6.45, 7) is 0. The van der Waals surface area contributed by atoms with Gasteiger partial charge in [0.2, 0.25) is 0 Å². The summed E-state index contributed by atoms with van der Waals surface area (Å²) in [6.07, 6.45) is 0. The third-order valence-electron chi connectivity index (χ3n) is 3.19. The Morgan fingerprint density at radius 3 is 2.29 bits per heavy atom. The van der Waals surface area contributed by atoms with E-state index in [1.165, 1.54) is 0 Å². The highest BCUT2D eigenvalue weighted by Crippen LogP contribution is 2.38. The van der Waals surface area contributed by atoms with Crippen molar-refractivity contribution in [2.24, 2.45) is 5.84 Å². The Morgan fingerprint density at radius 2 is 1.76 bits per heavy atom. The molecule has 0 bridgehead atoms. The molecule has 0 saturated carbocycles. The molecule has 1 atom stereocenters. The van der Waals surface area contributed by atoms with E-state index in [1.54, 1.807) is 14.2 Å². The van der Waals surface area contributed by atoms with E-state index in [1.807, 2.05) is 36.4 Å². The number of hydrogen-bond acceptors (Lipinski definition) is 4. The van der Waals surface area contributed by atoms with Crippen LogP contribution >= 0.6 is 34.2 Å². The van der Waals surface area contributed by atoms with Gasteiger partial charge >= 0.3 is 0 Å². The van der Waals surface area contributed by atoms with Crippen molar-refractivity contribution in [1.82, 2.24) is 5.43 Å². The van der Waals surface area contributed by atoms with Gasteiger partial charge in [-0.05, 0) is 58.5 Å². The zero-order valence-corrected chi connectivity index (χ0v) is 14.6. The van der Waals surface area contributed by atoms with Crippen LogP contribution in [0.1, 0.15) is 17.2 Å². The fourth-order valence-corrected chi connectivity index (χ4v) is 3.06. The molecule has 21 heavy (non-hydrogen) atoms. The lowest BCUT2D eigenvalue weighted by Crippen LogP contribution is -2.30. The molecule has 0 amide bonds. The van der Waals surface area contributed by atoms with Crippen molar-refractivity contribution in [1.29, 1.82) is 0 Å². The smallest absolute Gasteiger partial charge is 0.127 e. The molecule has 0 spiro atoms. The van der Waals surface area contributed by atoms with Gasteiger partial charge < -0.3 is 9.47 Å². The summed E-state index contributed by atoms with van der Waals surface area (Å²) >= 11 is 8.37. The van der Waals surface area contributed by atoms with Crippen molar-refractivity contribution in [3.63, 3.8) is 0 Å². The summed E-state index contributed by atoms with van der Waals surface area (Å²) in [5.74, 6) is 7.20. The largest absolute Gasteiger partial charge is 0.496 e. The zero-order valence-electron chi connectivity index (χ0n) is 11.7. The Morgan fingerprint density at radius 1 is 1.14 bits per heavy atom. The van der Waals surface area contributed by atoms with Gasteiger partial charge in [-0.2, -0.15) is 0 Å². The lowest BCUT2D eigenvalue weighted by molar-refractivity contribution is 0.377. The average molecular weight is 419 g/mol. The molecule has 2 aromatic rings. The summed E-state index contributed by atoms with van der Waals surface area (Å²) in [4.78, 5) is 0. The standard InChI is InChI=1S/C15H16ClIN2O2/c1-20-12-4-3-5-13(21-2)14(12)15(19-18)10-8-9(16)6-7-11(10)17/h3-8,15,19H,18H2,1-2H3. The van der Waals surface area contributed by atoms with Crippen LogP contribution in [0.3, 0.4) is 0 Å². The van der Waals surface area contributed by atoms with Gasteiger partial charge in [0, 0.05) is 8.59 Å². The van der Waals surface area contributed by atoms with Gasteiger partial charge in [0.15, 0.2) is 0 Å². The number of rotatable bonds is 5. The molecule has 0 aliphatic heterocycles. The van der Waals surface area contributed by atoms with Crippen LogP contribution in [0.5, 0.6) is 11.5 Å². The Hall–Kier alpha value is -1.02. The topological polar surface area (TPSA) is 56.5 Å². The second-order valence-electron chi connectivity index (χ2n) is 4.34. The predicted molar refractivity (Wildman–Crippen MR) is 92.9 cm³/mol. The molecular formula is C15H16ClIN2O2. The highest BCUT2D eigenvalue weighted by atomic mass is 127. The number of benzene rings is 2. The van der Waals surface area contributed by atoms with Crippen LogP contribution < -0.4 is 20.7 Å². The fourth-order valence-electron chi connectivity index (χ4n) is 2.23. The highest BCUT2D eigenvalue weighted by Gasteiger charge is 2.23. The summed E-state index contributed by atoms with van der Waals surface area (Å²) in [7, 11) is 3.24. The van der Waals surface area contributed by atoms with E-state index < -0.39 is 0 Å². The second kappa shape index (κ2) is 7.31. The highest BCUT2D eigenvalue weighted by molar-refractivity contribution is 14.1. The monoisotopic (exact) mass is 418 g/mol. The van der Waals surface area contributed by atoms with Gasteiger partial charge in [-0.3, -0.25) is 5.84 Å². The van der Waals surface area contributed by atoms with E-state index in [0.29, 0.717) is 16.5 Å². The van der Waals surface area contributed by atoms with Crippen molar-refractivity contribution in [2.45, 2.75) is 6.04 Å². The second-order valence-corrected chi connectivity index (χ2v) is 5.94. The Bertz CT molecular complexity index is 615. The van der Waals surface area contributed by atoms with Crippen molar-refractivity contribution in [2.75, 3.05) is 14.2 Å². The molecule has 3 N–H and O–H groups in total. The predicted octanol–water partition coefficient (Wildman–Crippen LogP) is 3.51. The molecular weight excluding hydrogens is 403 g/mol. The summed E-state index contributed by atoms with van der Waals surface area (Å²) in [5, 5.41) is 0.652. The molecule has 0 heterocycles. The van der Waals surface area contributed by atoms with Crippen LogP contribution in [0.15, 0.2) is 36.4 Å². The van der Waals surface area contributed by atoms with Gasteiger partial charge in [0.1, 0.15) is 11.5 Å². The molecule has 0 saturated heterocycles. The molecule has 0 aromatic heterocycles. The Kier molecular flexibility index (Phi) is 5.69. The van der Waals surface area contributed by atoms with E-state index >= 15 is 0 Å². The summed E-state index contributed by atoms with van der Waals surface area (Å²) < 4.78 is 12.0. The fraction of sp³-hybridized carbons (Fsp3) is 0.200. The van der Waals surface area contributed by atoms with E-state index in [2.05, 4.69) is 28.0 Å². The number of hydrazine groups is 1. The number of methoxy groups -OCH3 is 2. The molecule has 1 unspecified atom stereocenters. The molecule has 0 aliphatic carbocycles. The normalized spacial score (nSPS) is 12.0. The van der Waals surface area contributed by atoms with E-state index in [9.17, 15) is 0 Å². The molecule has 2 aromatic carbocycles. The number of hydrogen-bond donors (Lipinski definition) is 2. The van der Waals surface area contributed by atoms with Gasteiger partial charge in [-0.15, -0.1) is 0 Å². The maximum absolute atomic E-state index is 6.12. The third-order valence-corrected chi connectivity index (χ3v) is 4.41. The van der Waals surface area contributed by atoms with Crippen molar-refractivity contribution in [3.05, 3.63) is 56.1 Å². The first-order valence-electron chi connectivity index (χ1n) is 6.24. The molecule has 0 fully saturated rings. The van der Waals surface area contributed by atoms with Gasteiger partial charge in [0.05, 0.1) is 25.8 Å². The molecule has 4 nitrogen and oxygen atoms in total. The van der Waals surface area contributed by atoms with Crippen LogP contribution in [-0.4, -0.2) is 14.2 Å². The molecule has 112 valence electrons. The van der Waals surface area contributed by atoms with Crippen LogP contribution in [0, 0.1) is 3.57 Å². The van der Waals surface area contributed by atoms with Crippen LogP contribution in [-0.2, 0) is 0 Å². The average Bonchev–Trinajstić information content (AvgIpc) is 2.51. The minimum atomic E-state index is -0.290. The Balaban J connectivity index is 2.63. The van der Waals surface area contributed by atoms with Crippen molar-refractivity contribution >= 4 is 34.2 Å². The lowest BCUT2D eigenvalue weighted by atomic mass is 9.97. The first kappa shape index (κ1) is 16.4. The van der Waals surface area contributed by atoms with Crippen LogP contribution in [0.4, 0.5) is 0 Å². The third kappa shape index (κ3) is 3.42. The van der Waals surface area contributed by atoms with E-state index in [-0.39, 0.29) is 6.04 Å². The lowest BCUT2D eigenvalue weighted by Gasteiger charge is -2.23.